The first kappa shape index (κ1) is 20.7. The van der Waals surface area contributed by atoms with E-state index in [4.69, 9.17) is 11.2 Å². The second-order valence-corrected chi connectivity index (χ2v) is 5.33. The zero-order valence-electron chi connectivity index (χ0n) is 14.3. The van der Waals surface area contributed by atoms with Gasteiger partial charge in [-0.15, -0.1) is 40.6 Å². The summed E-state index contributed by atoms with van der Waals surface area (Å²) in [6.07, 6.45) is 5.31. The number of hydrogen-bond acceptors (Lipinski definition) is 5. The van der Waals surface area contributed by atoms with Gasteiger partial charge in [-0.3, -0.25) is 4.90 Å². The molecule has 1 aromatic heterocycles. The molecule has 1 aliphatic heterocycles. The van der Waals surface area contributed by atoms with Crippen LogP contribution in [-0.2, 0) is 18.3 Å². The standard InChI is InChI=1S/C15H25N7O.HI/c1-4-5-16-15(17-6-7-22-8-10-23-11-9-22)18-12-14-20-19-13(2)21(14)3;/h1H,5-12H2,2-3H3,(H2,16,17,18);1H. The summed E-state index contributed by atoms with van der Waals surface area (Å²) < 4.78 is 7.27. The Bertz CT molecular complexity index is 561. The maximum atomic E-state index is 5.35. The van der Waals surface area contributed by atoms with Crippen LogP contribution in [0.25, 0.3) is 0 Å². The largest absolute Gasteiger partial charge is 0.379 e. The maximum Gasteiger partial charge on any atom is 0.192 e. The van der Waals surface area contributed by atoms with Gasteiger partial charge in [-0.25, -0.2) is 4.99 Å². The van der Waals surface area contributed by atoms with Gasteiger partial charge >= 0.3 is 0 Å². The number of nitrogens with one attached hydrogen (secondary N) is 2. The van der Waals surface area contributed by atoms with E-state index in [2.05, 4.69) is 36.6 Å². The number of halogens is 1. The molecular formula is C15H26IN7O. The van der Waals surface area contributed by atoms with E-state index in [9.17, 15) is 0 Å². The van der Waals surface area contributed by atoms with Gasteiger partial charge in [-0.05, 0) is 6.92 Å². The molecule has 1 saturated heterocycles. The van der Waals surface area contributed by atoms with Crippen LogP contribution in [0.3, 0.4) is 0 Å². The molecule has 9 heteroatoms. The lowest BCUT2D eigenvalue weighted by Crippen LogP contribution is -2.44. The summed E-state index contributed by atoms with van der Waals surface area (Å²) in [6.45, 7) is 8.11. The predicted octanol–water partition coefficient (Wildman–Crippen LogP) is -0.258. The number of ether oxygens (including phenoxy) is 1. The number of nitrogens with zero attached hydrogens (tertiary/aromatic N) is 5. The zero-order chi connectivity index (χ0) is 16.5. The molecule has 8 nitrogen and oxygen atoms in total. The molecular weight excluding hydrogens is 421 g/mol. The van der Waals surface area contributed by atoms with E-state index in [1.54, 1.807) is 0 Å². The number of aryl methyl sites for hydroxylation is 1. The molecule has 1 fully saturated rings. The first-order valence-corrected chi connectivity index (χ1v) is 7.81. The van der Waals surface area contributed by atoms with Crippen molar-refractivity contribution >= 4 is 29.9 Å². The van der Waals surface area contributed by atoms with Crippen LogP contribution in [-0.4, -0.2) is 71.6 Å². The first-order valence-electron chi connectivity index (χ1n) is 7.81. The normalized spacial score (nSPS) is 15.5. The molecule has 0 radical (unpaired) electrons. The molecule has 134 valence electrons. The van der Waals surface area contributed by atoms with Crippen LogP contribution in [0.2, 0.25) is 0 Å². The minimum Gasteiger partial charge on any atom is -0.379 e. The summed E-state index contributed by atoms with van der Waals surface area (Å²) in [5.41, 5.74) is 0. The van der Waals surface area contributed by atoms with Crippen LogP contribution >= 0.6 is 24.0 Å². The fraction of sp³-hybridized carbons (Fsp3) is 0.667. The van der Waals surface area contributed by atoms with Gasteiger partial charge in [0.2, 0.25) is 0 Å². The second-order valence-electron chi connectivity index (χ2n) is 5.33. The van der Waals surface area contributed by atoms with Crippen molar-refractivity contribution in [2.75, 3.05) is 45.9 Å². The zero-order valence-corrected chi connectivity index (χ0v) is 16.6. The van der Waals surface area contributed by atoms with Gasteiger partial charge in [-0.2, -0.15) is 0 Å². The van der Waals surface area contributed by atoms with E-state index in [0.717, 1.165) is 51.0 Å². The number of morpholine rings is 1. The Balaban J connectivity index is 0.00000288. The first-order chi connectivity index (χ1) is 11.2. The number of aliphatic imine (C=N–C) groups is 1. The summed E-state index contributed by atoms with van der Waals surface area (Å²) in [4.78, 5) is 6.88. The molecule has 0 bridgehead atoms. The number of terminal acetylenes is 1. The van der Waals surface area contributed by atoms with Gasteiger partial charge < -0.3 is 19.9 Å². The summed E-state index contributed by atoms with van der Waals surface area (Å²) in [5, 5.41) is 14.5. The van der Waals surface area contributed by atoms with Crippen molar-refractivity contribution in [1.29, 1.82) is 0 Å². The molecule has 24 heavy (non-hydrogen) atoms. The number of aromatic nitrogens is 3. The molecule has 2 rings (SSSR count). The Labute approximate surface area is 160 Å². The Hall–Kier alpha value is -1.38. The van der Waals surface area contributed by atoms with Crippen molar-refractivity contribution in [3.63, 3.8) is 0 Å². The van der Waals surface area contributed by atoms with Crippen LogP contribution in [0.1, 0.15) is 11.6 Å². The van der Waals surface area contributed by atoms with Gasteiger partial charge in [-0.1, -0.05) is 5.92 Å². The molecule has 0 unspecified atom stereocenters. The lowest BCUT2D eigenvalue weighted by atomic mass is 10.4. The lowest BCUT2D eigenvalue weighted by Gasteiger charge is -2.26. The smallest absolute Gasteiger partial charge is 0.192 e. The Kier molecular flexibility index (Phi) is 9.66. The van der Waals surface area contributed by atoms with Gasteiger partial charge in [0.1, 0.15) is 12.4 Å². The molecule has 0 aliphatic carbocycles. The molecule has 0 amide bonds. The van der Waals surface area contributed by atoms with Gasteiger partial charge in [0.05, 0.1) is 19.8 Å². The van der Waals surface area contributed by atoms with Crippen molar-refractivity contribution < 1.29 is 4.74 Å². The maximum absolute atomic E-state index is 5.35. The van der Waals surface area contributed by atoms with E-state index in [-0.39, 0.29) is 24.0 Å². The average Bonchev–Trinajstić information content (AvgIpc) is 2.89. The van der Waals surface area contributed by atoms with Gasteiger partial charge in [0.15, 0.2) is 11.8 Å². The third-order valence-electron chi connectivity index (χ3n) is 3.74. The third kappa shape index (κ3) is 6.62. The van der Waals surface area contributed by atoms with Crippen molar-refractivity contribution in [2.24, 2.45) is 12.0 Å². The minimum atomic E-state index is 0. The summed E-state index contributed by atoms with van der Waals surface area (Å²) >= 11 is 0. The predicted molar refractivity (Wildman–Crippen MR) is 104 cm³/mol. The molecule has 0 atom stereocenters. The highest BCUT2D eigenvalue weighted by Crippen LogP contribution is 1.99. The monoisotopic (exact) mass is 447 g/mol. The van der Waals surface area contributed by atoms with Gasteiger partial charge in [0, 0.05) is 33.2 Å². The number of hydrogen-bond donors (Lipinski definition) is 2. The molecule has 2 heterocycles. The van der Waals surface area contributed by atoms with E-state index in [0.29, 0.717) is 19.0 Å². The van der Waals surface area contributed by atoms with Crippen LogP contribution in [0.15, 0.2) is 4.99 Å². The topological polar surface area (TPSA) is 79.6 Å². The van der Waals surface area contributed by atoms with Crippen LogP contribution < -0.4 is 10.6 Å². The van der Waals surface area contributed by atoms with E-state index in [1.807, 2.05) is 18.5 Å². The highest BCUT2D eigenvalue weighted by atomic mass is 127. The molecule has 0 spiro atoms. The molecule has 0 saturated carbocycles. The van der Waals surface area contributed by atoms with Crippen molar-refractivity contribution in [3.05, 3.63) is 11.6 Å². The van der Waals surface area contributed by atoms with Crippen molar-refractivity contribution in [1.82, 2.24) is 30.3 Å². The lowest BCUT2D eigenvalue weighted by molar-refractivity contribution is 0.0389. The van der Waals surface area contributed by atoms with E-state index in [1.165, 1.54) is 0 Å². The van der Waals surface area contributed by atoms with E-state index >= 15 is 0 Å². The SMILES string of the molecule is C#CCNC(=NCc1nnc(C)n1C)NCCN1CCOCC1.I. The van der Waals surface area contributed by atoms with E-state index < -0.39 is 0 Å². The number of guanidine groups is 1. The fourth-order valence-electron chi connectivity index (χ4n) is 2.20. The number of rotatable bonds is 6. The van der Waals surface area contributed by atoms with Crippen molar-refractivity contribution in [3.8, 4) is 12.3 Å². The quantitative estimate of drug-likeness (QED) is 0.271. The fourth-order valence-corrected chi connectivity index (χ4v) is 2.20. The summed E-state index contributed by atoms with van der Waals surface area (Å²) in [5.74, 6) is 4.94. The summed E-state index contributed by atoms with van der Waals surface area (Å²) in [7, 11) is 1.93. The second kappa shape index (κ2) is 11.2. The minimum absolute atomic E-state index is 0. The Morgan fingerprint density at radius 3 is 2.71 bits per heavy atom. The summed E-state index contributed by atoms with van der Waals surface area (Å²) in [6, 6.07) is 0. The molecule has 0 aromatic carbocycles. The Morgan fingerprint density at radius 2 is 2.08 bits per heavy atom. The van der Waals surface area contributed by atoms with Gasteiger partial charge in [0.25, 0.3) is 0 Å². The highest BCUT2D eigenvalue weighted by Gasteiger charge is 2.10. The van der Waals surface area contributed by atoms with Crippen LogP contribution in [0, 0.1) is 19.3 Å². The average molecular weight is 447 g/mol. The molecule has 2 N–H and O–H groups in total. The Morgan fingerprint density at radius 1 is 1.33 bits per heavy atom. The molecule has 1 aliphatic rings. The third-order valence-corrected chi connectivity index (χ3v) is 3.74. The van der Waals surface area contributed by atoms with Crippen LogP contribution in [0.4, 0.5) is 0 Å². The molecule has 1 aromatic rings. The van der Waals surface area contributed by atoms with Crippen molar-refractivity contribution in [2.45, 2.75) is 13.5 Å². The highest BCUT2D eigenvalue weighted by molar-refractivity contribution is 14.0. The van der Waals surface area contributed by atoms with Crippen LogP contribution in [0.5, 0.6) is 0 Å².